The van der Waals surface area contributed by atoms with Crippen LogP contribution in [0.4, 0.5) is 10.5 Å². The molecule has 3 amide bonds. The van der Waals surface area contributed by atoms with Crippen LogP contribution in [0.25, 0.3) is 0 Å². The Kier molecular flexibility index (Phi) is 6.03. The third-order valence-corrected chi connectivity index (χ3v) is 5.55. The average Bonchev–Trinajstić information content (AvgIpc) is 2.81. The summed E-state index contributed by atoms with van der Waals surface area (Å²) in [5, 5.41) is 0. The van der Waals surface area contributed by atoms with Crippen LogP contribution in [0.1, 0.15) is 13.3 Å². The maximum Gasteiger partial charge on any atom is 0.409 e. The first-order valence-corrected chi connectivity index (χ1v) is 9.80. The van der Waals surface area contributed by atoms with E-state index in [4.69, 9.17) is 4.74 Å². The second-order valence-electron chi connectivity index (χ2n) is 6.11. The lowest BCUT2D eigenvalue weighted by Gasteiger charge is -2.35. The van der Waals surface area contributed by atoms with Crippen molar-refractivity contribution in [3.63, 3.8) is 0 Å². The molecular formula is C18H23N3O4S. The quantitative estimate of drug-likeness (QED) is 0.804. The van der Waals surface area contributed by atoms with Gasteiger partial charge in [0.05, 0.1) is 12.3 Å². The first-order valence-electron chi connectivity index (χ1n) is 8.82. The van der Waals surface area contributed by atoms with Gasteiger partial charge in [0.15, 0.2) is 0 Å². The van der Waals surface area contributed by atoms with Crippen LogP contribution >= 0.6 is 11.8 Å². The summed E-state index contributed by atoms with van der Waals surface area (Å²) in [6.07, 6.45) is 0.0803. The summed E-state index contributed by atoms with van der Waals surface area (Å²) in [6.45, 7) is 3.95. The number of anilines is 1. The van der Waals surface area contributed by atoms with Crippen molar-refractivity contribution in [2.75, 3.05) is 50.0 Å². The number of carbonyl (C=O) groups is 3. The van der Waals surface area contributed by atoms with Crippen LogP contribution in [-0.4, -0.2) is 72.8 Å². The second kappa shape index (κ2) is 8.44. The van der Waals surface area contributed by atoms with Gasteiger partial charge in [-0.15, -0.1) is 11.8 Å². The van der Waals surface area contributed by atoms with Gasteiger partial charge in [-0.2, -0.15) is 0 Å². The summed E-state index contributed by atoms with van der Waals surface area (Å²) in [5.74, 6) is 0.600. The lowest BCUT2D eigenvalue weighted by Crippen LogP contribution is -2.53. The van der Waals surface area contributed by atoms with Crippen molar-refractivity contribution in [1.29, 1.82) is 0 Å². The van der Waals surface area contributed by atoms with Crippen molar-refractivity contribution >= 4 is 35.4 Å². The van der Waals surface area contributed by atoms with Crippen molar-refractivity contribution in [1.82, 2.24) is 9.80 Å². The van der Waals surface area contributed by atoms with E-state index in [-0.39, 0.29) is 24.5 Å². The molecular weight excluding hydrogens is 354 g/mol. The van der Waals surface area contributed by atoms with Crippen molar-refractivity contribution in [2.24, 2.45) is 0 Å². The molecule has 1 saturated heterocycles. The number of para-hydroxylation sites is 1. The fourth-order valence-electron chi connectivity index (χ4n) is 3.08. The van der Waals surface area contributed by atoms with Crippen molar-refractivity contribution in [2.45, 2.75) is 18.2 Å². The molecule has 1 aromatic rings. The molecule has 0 unspecified atom stereocenters. The van der Waals surface area contributed by atoms with E-state index in [1.807, 2.05) is 24.3 Å². The molecule has 0 aliphatic carbocycles. The Balaban J connectivity index is 1.63. The van der Waals surface area contributed by atoms with Gasteiger partial charge in [-0.1, -0.05) is 12.1 Å². The van der Waals surface area contributed by atoms with Gasteiger partial charge in [-0.25, -0.2) is 4.79 Å². The SMILES string of the molecule is CCOC(=O)N1CCN(C(=O)CN2C(=O)CCSc3ccccc32)CC1. The number of piperazine rings is 1. The fraction of sp³-hybridized carbons (Fsp3) is 0.500. The Labute approximate surface area is 157 Å². The number of hydrogen-bond acceptors (Lipinski definition) is 5. The van der Waals surface area contributed by atoms with Crippen molar-refractivity contribution < 1.29 is 19.1 Å². The summed E-state index contributed by atoms with van der Waals surface area (Å²) in [7, 11) is 0. The fourth-order valence-corrected chi connectivity index (χ4v) is 4.08. The highest BCUT2D eigenvalue weighted by atomic mass is 32.2. The zero-order valence-corrected chi connectivity index (χ0v) is 15.7. The summed E-state index contributed by atoms with van der Waals surface area (Å²) >= 11 is 1.64. The van der Waals surface area contributed by atoms with Gasteiger partial charge in [-0.05, 0) is 19.1 Å². The summed E-state index contributed by atoms with van der Waals surface area (Å²) in [4.78, 5) is 42.9. The van der Waals surface area contributed by atoms with Gasteiger partial charge in [0, 0.05) is 43.2 Å². The molecule has 0 spiro atoms. The standard InChI is InChI=1S/C18H23N3O4S/c1-2-25-18(24)20-10-8-19(9-11-20)17(23)13-21-14-5-3-4-6-15(14)26-12-7-16(21)22/h3-6H,2,7-13H2,1H3. The average molecular weight is 377 g/mol. The van der Waals surface area contributed by atoms with Gasteiger partial charge >= 0.3 is 6.09 Å². The van der Waals surface area contributed by atoms with E-state index in [9.17, 15) is 14.4 Å². The number of ether oxygens (including phenoxy) is 1. The number of carbonyl (C=O) groups excluding carboxylic acids is 3. The highest BCUT2D eigenvalue weighted by Gasteiger charge is 2.29. The first-order chi connectivity index (χ1) is 12.6. The zero-order chi connectivity index (χ0) is 18.5. The molecule has 0 saturated carbocycles. The normalized spacial score (nSPS) is 17.6. The van der Waals surface area contributed by atoms with Crippen LogP contribution in [0.15, 0.2) is 29.2 Å². The van der Waals surface area contributed by atoms with Crippen LogP contribution in [0, 0.1) is 0 Å². The number of benzene rings is 1. The van der Waals surface area contributed by atoms with E-state index >= 15 is 0 Å². The summed E-state index contributed by atoms with van der Waals surface area (Å²) < 4.78 is 4.99. The van der Waals surface area contributed by atoms with E-state index in [1.54, 1.807) is 33.4 Å². The lowest BCUT2D eigenvalue weighted by atomic mass is 10.2. The molecule has 0 N–H and O–H groups in total. The smallest absolute Gasteiger partial charge is 0.409 e. The van der Waals surface area contributed by atoms with Gasteiger partial charge in [0.25, 0.3) is 0 Å². The Morgan fingerprint density at radius 1 is 1.12 bits per heavy atom. The molecule has 2 heterocycles. The molecule has 2 aliphatic heterocycles. The minimum Gasteiger partial charge on any atom is -0.450 e. The number of rotatable bonds is 3. The van der Waals surface area contributed by atoms with Gasteiger partial charge in [0.1, 0.15) is 6.54 Å². The van der Waals surface area contributed by atoms with Crippen LogP contribution < -0.4 is 4.90 Å². The van der Waals surface area contributed by atoms with Crippen LogP contribution in [-0.2, 0) is 14.3 Å². The second-order valence-corrected chi connectivity index (χ2v) is 7.25. The van der Waals surface area contributed by atoms with Gasteiger partial charge in [0.2, 0.25) is 11.8 Å². The van der Waals surface area contributed by atoms with Crippen molar-refractivity contribution in [3.05, 3.63) is 24.3 Å². The van der Waals surface area contributed by atoms with Gasteiger partial charge < -0.3 is 19.4 Å². The number of hydrogen-bond donors (Lipinski definition) is 0. The third-order valence-electron chi connectivity index (χ3n) is 4.48. The molecule has 7 nitrogen and oxygen atoms in total. The lowest BCUT2D eigenvalue weighted by molar-refractivity contribution is -0.132. The van der Waals surface area contributed by atoms with Crippen LogP contribution in [0.2, 0.25) is 0 Å². The number of amides is 3. The number of nitrogens with zero attached hydrogens (tertiary/aromatic N) is 3. The maximum atomic E-state index is 12.7. The molecule has 3 rings (SSSR count). The predicted octanol–water partition coefficient (Wildman–Crippen LogP) is 1.82. The van der Waals surface area contributed by atoms with E-state index in [0.717, 1.165) is 16.3 Å². The summed E-state index contributed by atoms with van der Waals surface area (Å²) in [5.41, 5.74) is 0.804. The predicted molar refractivity (Wildman–Crippen MR) is 99.3 cm³/mol. The monoisotopic (exact) mass is 377 g/mol. The minimum atomic E-state index is -0.340. The largest absolute Gasteiger partial charge is 0.450 e. The first kappa shape index (κ1) is 18.6. The molecule has 0 aromatic heterocycles. The molecule has 26 heavy (non-hydrogen) atoms. The van der Waals surface area contributed by atoms with Crippen LogP contribution in [0.3, 0.4) is 0 Å². The third kappa shape index (κ3) is 4.12. The Bertz CT molecular complexity index is 689. The maximum absolute atomic E-state index is 12.7. The van der Waals surface area contributed by atoms with E-state index in [2.05, 4.69) is 0 Å². The van der Waals surface area contributed by atoms with Crippen LogP contribution in [0.5, 0.6) is 0 Å². The molecule has 0 radical (unpaired) electrons. The van der Waals surface area contributed by atoms with E-state index < -0.39 is 0 Å². The highest BCUT2D eigenvalue weighted by Crippen LogP contribution is 2.33. The van der Waals surface area contributed by atoms with Crippen molar-refractivity contribution in [3.8, 4) is 0 Å². The topological polar surface area (TPSA) is 70.2 Å². The minimum absolute atomic E-state index is 0.0269. The Hall–Kier alpha value is -2.22. The van der Waals surface area contributed by atoms with E-state index in [1.165, 1.54) is 0 Å². The zero-order valence-electron chi connectivity index (χ0n) is 14.8. The molecule has 1 aromatic carbocycles. The summed E-state index contributed by atoms with van der Waals surface area (Å²) in [6, 6.07) is 7.69. The Morgan fingerprint density at radius 3 is 2.54 bits per heavy atom. The Morgan fingerprint density at radius 2 is 1.81 bits per heavy atom. The number of thioether (sulfide) groups is 1. The molecule has 1 fully saturated rings. The van der Waals surface area contributed by atoms with E-state index in [0.29, 0.717) is 39.2 Å². The molecule has 8 heteroatoms. The number of fused-ring (bicyclic) bond motifs is 1. The van der Waals surface area contributed by atoms with Gasteiger partial charge in [-0.3, -0.25) is 9.59 Å². The molecule has 0 atom stereocenters. The highest BCUT2D eigenvalue weighted by molar-refractivity contribution is 7.99. The molecule has 140 valence electrons. The molecule has 0 bridgehead atoms. The molecule has 2 aliphatic rings.